The normalized spacial score (nSPS) is 30.0. The van der Waals surface area contributed by atoms with E-state index in [1.807, 2.05) is 0 Å². The lowest BCUT2D eigenvalue weighted by molar-refractivity contribution is -0.171. The molecule has 3 saturated carbocycles. The molecule has 1 amide bonds. The summed E-state index contributed by atoms with van der Waals surface area (Å²) in [6.45, 7) is 3.17. The molecule has 0 radical (unpaired) electrons. The number of amides is 1. The van der Waals surface area contributed by atoms with E-state index in [0.29, 0.717) is 30.7 Å². The molecule has 226 valence electrons. The molecule has 0 unspecified atom stereocenters. The zero-order valence-electron chi connectivity index (χ0n) is 23.1. The van der Waals surface area contributed by atoms with Gasteiger partial charge in [-0.2, -0.15) is 17.5 Å². The zero-order valence-corrected chi connectivity index (χ0v) is 24.7. The van der Waals surface area contributed by atoms with E-state index < -0.39 is 56.4 Å². The summed E-state index contributed by atoms with van der Waals surface area (Å²) in [6, 6.07) is 11.5. The Kier molecular flexibility index (Phi) is 6.75. The van der Waals surface area contributed by atoms with Gasteiger partial charge < -0.3 is 10.2 Å². The molecular formula is C29H31ClF4N4O3S. The summed E-state index contributed by atoms with van der Waals surface area (Å²) in [5, 5.41) is 3.17. The van der Waals surface area contributed by atoms with Crippen molar-refractivity contribution < 1.29 is 30.8 Å². The third-order valence-corrected chi connectivity index (χ3v) is 11.5. The van der Waals surface area contributed by atoms with Crippen LogP contribution in [-0.4, -0.2) is 65.8 Å². The molecule has 2 aromatic rings. The van der Waals surface area contributed by atoms with Gasteiger partial charge in [-0.1, -0.05) is 35.9 Å². The van der Waals surface area contributed by atoms with Gasteiger partial charge >= 0.3 is 6.18 Å². The van der Waals surface area contributed by atoms with Crippen molar-refractivity contribution >= 4 is 33.4 Å². The van der Waals surface area contributed by atoms with E-state index in [4.69, 9.17) is 16.6 Å². The number of hydrogen-bond donors (Lipinski definition) is 1. The molecule has 2 bridgehead atoms. The molecule has 1 N–H and O–H groups in total. The monoisotopic (exact) mass is 626 g/mol. The van der Waals surface area contributed by atoms with Crippen molar-refractivity contribution in [2.24, 2.45) is 16.3 Å². The highest BCUT2D eigenvalue weighted by atomic mass is 35.5. The second-order valence-electron chi connectivity index (χ2n) is 12.6. The first-order valence-corrected chi connectivity index (χ1v) is 15.6. The van der Waals surface area contributed by atoms with Crippen LogP contribution in [0.1, 0.15) is 45.1 Å². The Labute approximate surface area is 247 Å². The van der Waals surface area contributed by atoms with Gasteiger partial charge in [-0.05, 0) is 69.4 Å². The first kappa shape index (κ1) is 29.4. The predicted octanol–water partition coefficient (Wildman–Crippen LogP) is 5.15. The number of aliphatic imine (C=N–C) groups is 1. The van der Waals surface area contributed by atoms with Crippen LogP contribution in [0.4, 0.5) is 17.6 Å². The average molecular weight is 627 g/mol. The lowest BCUT2D eigenvalue weighted by Crippen LogP contribution is -2.78. The molecule has 4 fully saturated rings. The lowest BCUT2D eigenvalue weighted by Gasteiger charge is -2.72. The highest BCUT2D eigenvalue weighted by molar-refractivity contribution is 7.89. The minimum atomic E-state index is -4.35. The van der Waals surface area contributed by atoms with E-state index in [1.165, 1.54) is 33.5 Å². The summed E-state index contributed by atoms with van der Waals surface area (Å²) in [4.78, 5) is 19.5. The van der Waals surface area contributed by atoms with E-state index >= 15 is 0 Å². The smallest absolute Gasteiger partial charge is 0.360 e. The molecule has 2 atom stereocenters. The fraction of sp³-hybridized carbons (Fsp3) is 0.517. The van der Waals surface area contributed by atoms with Crippen molar-refractivity contribution in [1.29, 1.82) is 0 Å². The van der Waals surface area contributed by atoms with Gasteiger partial charge in [-0.25, -0.2) is 12.8 Å². The number of nitrogens with zero attached hydrogens (tertiary/aromatic N) is 3. The van der Waals surface area contributed by atoms with Gasteiger partial charge in [0.15, 0.2) is 0 Å². The van der Waals surface area contributed by atoms with Crippen LogP contribution in [-0.2, 0) is 21.4 Å². The second kappa shape index (κ2) is 9.65. The number of sulfonamides is 1. The summed E-state index contributed by atoms with van der Waals surface area (Å²) in [5.74, 6) is -1.99. The number of alkyl halides is 3. The van der Waals surface area contributed by atoms with Gasteiger partial charge in [-0.15, -0.1) is 0 Å². The Morgan fingerprint density at radius 1 is 1.14 bits per heavy atom. The second-order valence-corrected chi connectivity index (χ2v) is 14.9. The van der Waals surface area contributed by atoms with E-state index in [1.54, 1.807) is 38.1 Å². The third kappa shape index (κ3) is 4.70. The van der Waals surface area contributed by atoms with E-state index in [2.05, 4.69) is 5.32 Å². The van der Waals surface area contributed by atoms with Gasteiger partial charge in [-0.3, -0.25) is 9.79 Å². The van der Waals surface area contributed by atoms with Crippen LogP contribution in [0.3, 0.4) is 0 Å². The lowest BCUT2D eigenvalue weighted by atomic mass is 9.38. The number of nitrogens with one attached hydrogen (secondary N) is 1. The zero-order chi connectivity index (χ0) is 30.3. The fourth-order valence-corrected chi connectivity index (χ4v) is 8.92. The van der Waals surface area contributed by atoms with Crippen molar-refractivity contribution in [3.8, 4) is 0 Å². The molecule has 2 heterocycles. The maximum Gasteiger partial charge on any atom is 0.393 e. The molecule has 0 aromatic heterocycles. The van der Waals surface area contributed by atoms with Crippen LogP contribution in [0.15, 0.2) is 58.4 Å². The van der Waals surface area contributed by atoms with E-state index in [-0.39, 0.29) is 36.0 Å². The maximum absolute atomic E-state index is 14.3. The van der Waals surface area contributed by atoms with Crippen LogP contribution in [0.25, 0.3) is 0 Å². The van der Waals surface area contributed by atoms with Gasteiger partial charge in [0.2, 0.25) is 15.9 Å². The topological polar surface area (TPSA) is 82.1 Å². The third-order valence-electron chi connectivity index (χ3n) is 9.27. The van der Waals surface area contributed by atoms with E-state index in [9.17, 15) is 30.8 Å². The van der Waals surface area contributed by atoms with Crippen molar-refractivity contribution in [3.63, 3.8) is 0 Å². The molecule has 7 nitrogen and oxygen atoms in total. The molecule has 3 aliphatic carbocycles. The number of likely N-dealkylation sites (tertiary alicyclic amines) is 1. The number of benzene rings is 2. The maximum atomic E-state index is 14.3. The van der Waals surface area contributed by atoms with Gasteiger partial charge in [0.25, 0.3) is 0 Å². The molecular weight excluding hydrogens is 596 g/mol. The summed E-state index contributed by atoms with van der Waals surface area (Å²) in [7, 11) is -3.96. The Morgan fingerprint density at radius 2 is 1.81 bits per heavy atom. The largest absolute Gasteiger partial charge is 0.393 e. The Balaban J connectivity index is 1.21. The number of hydrogen-bond acceptors (Lipinski definition) is 5. The molecule has 13 heteroatoms. The van der Waals surface area contributed by atoms with Crippen LogP contribution in [0.5, 0.6) is 0 Å². The number of halogens is 5. The summed E-state index contributed by atoms with van der Waals surface area (Å²) in [5.41, 5.74) is -1.62. The first-order valence-electron chi connectivity index (χ1n) is 13.8. The van der Waals surface area contributed by atoms with Crippen molar-refractivity contribution in [1.82, 2.24) is 14.5 Å². The fourth-order valence-electron chi connectivity index (χ4n) is 7.03. The summed E-state index contributed by atoms with van der Waals surface area (Å²) in [6.07, 6.45) is -3.12. The van der Waals surface area contributed by atoms with Crippen LogP contribution >= 0.6 is 11.6 Å². The highest BCUT2D eigenvalue weighted by Gasteiger charge is 2.75. The Morgan fingerprint density at radius 3 is 2.40 bits per heavy atom. The van der Waals surface area contributed by atoms with Gasteiger partial charge in [0, 0.05) is 30.6 Å². The number of carbonyl (C=O) groups excluding carboxylic acids is 1. The Bertz CT molecular complexity index is 1540. The minimum absolute atomic E-state index is 0.0401. The van der Waals surface area contributed by atoms with E-state index in [0.717, 1.165) is 0 Å². The molecule has 5 aliphatic rings. The number of rotatable bonds is 7. The molecule has 0 spiro atoms. The van der Waals surface area contributed by atoms with Crippen LogP contribution in [0.2, 0.25) is 5.02 Å². The quantitative estimate of drug-likeness (QED) is 0.431. The first-order chi connectivity index (χ1) is 19.6. The predicted molar refractivity (Wildman–Crippen MR) is 149 cm³/mol. The van der Waals surface area contributed by atoms with Crippen molar-refractivity contribution in [3.05, 3.63) is 64.9 Å². The van der Waals surface area contributed by atoms with Crippen molar-refractivity contribution in [2.45, 2.75) is 74.3 Å². The molecule has 1 saturated heterocycles. The highest BCUT2D eigenvalue weighted by Crippen LogP contribution is 2.71. The van der Waals surface area contributed by atoms with Crippen LogP contribution < -0.4 is 5.32 Å². The standard InChI is InChI=1S/C29H31ClF4N4O3S/c1-26(2)23(24(39)37-11-10-19(14-37)29(32,33)34)35-25(36-26)27-15-28(16-27,17-27)38(13-18-8-9-21(30)22(31)12-18)42(40,41)20-6-4-3-5-7-20/h3-9,12,19,23H,10-11,13-17H2,1-2H3,(H,35,36)/t19-,23+,27?,28?/m1/s1. The SMILES string of the molecule is CC1(C)N=C(C23CC(N(Cc4ccc(Cl)c(F)c4)S(=O)(=O)c4ccccc4)(C2)C3)N[C@H]1C(=O)N1CC[C@@H](C(F)(F)F)C1. The average Bonchev–Trinajstić information content (AvgIpc) is 3.49. The number of amidine groups is 1. The molecule has 2 aromatic carbocycles. The van der Waals surface area contributed by atoms with Gasteiger partial charge in [0.1, 0.15) is 17.7 Å². The minimum Gasteiger partial charge on any atom is -0.360 e. The van der Waals surface area contributed by atoms with Crippen LogP contribution in [0, 0.1) is 17.2 Å². The molecule has 7 rings (SSSR count). The Hall–Kier alpha value is -2.70. The molecule has 42 heavy (non-hydrogen) atoms. The van der Waals surface area contributed by atoms with Gasteiger partial charge in [0.05, 0.1) is 21.4 Å². The number of carbonyl (C=O) groups is 1. The molecule has 2 aliphatic heterocycles. The summed E-state index contributed by atoms with van der Waals surface area (Å²) < 4.78 is 83.2. The summed E-state index contributed by atoms with van der Waals surface area (Å²) >= 11 is 5.85. The van der Waals surface area contributed by atoms with Crippen molar-refractivity contribution in [2.75, 3.05) is 13.1 Å².